The number of ether oxygens (including phenoxy) is 3. The first-order valence-corrected chi connectivity index (χ1v) is 6.00. The number of rotatable bonds is 2. The lowest BCUT2D eigenvalue weighted by Gasteiger charge is -2.25. The SMILES string of the molecule is COc1cc2c(c(C3(N)CCCC3)c1)OCO2. The van der Waals surface area contributed by atoms with Crippen molar-refractivity contribution in [3.8, 4) is 17.2 Å². The molecule has 3 rings (SSSR count). The molecule has 1 aliphatic carbocycles. The number of benzene rings is 1. The minimum absolute atomic E-state index is 0.269. The van der Waals surface area contributed by atoms with Crippen LogP contribution in [-0.4, -0.2) is 13.9 Å². The lowest BCUT2D eigenvalue weighted by molar-refractivity contribution is 0.172. The summed E-state index contributed by atoms with van der Waals surface area (Å²) in [6, 6.07) is 3.84. The van der Waals surface area contributed by atoms with Crippen LogP contribution in [0.2, 0.25) is 0 Å². The summed E-state index contributed by atoms with van der Waals surface area (Å²) in [7, 11) is 1.65. The van der Waals surface area contributed by atoms with E-state index in [-0.39, 0.29) is 12.3 Å². The van der Waals surface area contributed by atoms with Crippen LogP contribution in [-0.2, 0) is 5.54 Å². The largest absolute Gasteiger partial charge is 0.497 e. The Balaban J connectivity index is 2.11. The molecule has 0 atom stereocenters. The highest BCUT2D eigenvalue weighted by Crippen LogP contribution is 2.47. The quantitative estimate of drug-likeness (QED) is 0.853. The normalized spacial score (nSPS) is 20.6. The Labute approximate surface area is 101 Å². The van der Waals surface area contributed by atoms with Gasteiger partial charge in [0.1, 0.15) is 5.75 Å². The van der Waals surface area contributed by atoms with Crippen LogP contribution in [0.4, 0.5) is 0 Å². The van der Waals surface area contributed by atoms with E-state index in [0.29, 0.717) is 0 Å². The Hall–Kier alpha value is -1.42. The first-order chi connectivity index (χ1) is 8.23. The minimum Gasteiger partial charge on any atom is -0.497 e. The molecule has 0 unspecified atom stereocenters. The Morgan fingerprint density at radius 2 is 2.00 bits per heavy atom. The van der Waals surface area contributed by atoms with Crippen molar-refractivity contribution in [2.24, 2.45) is 5.73 Å². The smallest absolute Gasteiger partial charge is 0.231 e. The van der Waals surface area contributed by atoms with Crippen molar-refractivity contribution in [2.75, 3.05) is 13.9 Å². The van der Waals surface area contributed by atoms with Gasteiger partial charge in [-0.05, 0) is 18.9 Å². The van der Waals surface area contributed by atoms with Crippen LogP contribution in [0.25, 0.3) is 0 Å². The average Bonchev–Trinajstić information content (AvgIpc) is 2.96. The molecule has 0 saturated heterocycles. The van der Waals surface area contributed by atoms with Crippen molar-refractivity contribution < 1.29 is 14.2 Å². The van der Waals surface area contributed by atoms with Gasteiger partial charge >= 0.3 is 0 Å². The van der Waals surface area contributed by atoms with Crippen LogP contribution in [0, 0.1) is 0 Å². The molecule has 4 nitrogen and oxygen atoms in total. The summed E-state index contributed by atoms with van der Waals surface area (Å²) >= 11 is 0. The zero-order valence-electron chi connectivity index (χ0n) is 9.99. The Bertz CT molecular complexity index is 439. The summed E-state index contributed by atoms with van der Waals surface area (Å²) in [4.78, 5) is 0. The molecule has 0 amide bonds. The second-order valence-electron chi connectivity index (χ2n) is 4.77. The molecule has 2 N–H and O–H groups in total. The molecule has 92 valence electrons. The third-order valence-corrected chi connectivity index (χ3v) is 3.71. The van der Waals surface area contributed by atoms with Gasteiger partial charge in [-0.25, -0.2) is 0 Å². The van der Waals surface area contributed by atoms with Gasteiger partial charge in [0.05, 0.1) is 7.11 Å². The van der Waals surface area contributed by atoms with Crippen LogP contribution in [0.1, 0.15) is 31.2 Å². The van der Waals surface area contributed by atoms with E-state index in [2.05, 4.69) is 0 Å². The Morgan fingerprint density at radius 3 is 2.71 bits per heavy atom. The maximum atomic E-state index is 6.49. The molecule has 17 heavy (non-hydrogen) atoms. The maximum Gasteiger partial charge on any atom is 0.231 e. The number of hydrogen-bond donors (Lipinski definition) is 1. The van der Waals surface area contributed by atoms with Gasteiger partial charge in [0.2, 0.25) is 6.79 Å². The van der Waals surface area contributed by atoms with Crippen LogP contribution < -0.4 is 19.9 Å². The molecule has 1 fully saturated rings. The lowest BCUT2D eigenvalue weighted by atomic mass is 9.88. The van der Waals surface area contributed by atoms with Gasteiger partial charge in [-0.3, -0.25) is 0 Å². The summed E-state index contributed by atoms with van der Waals surface area (Å²) in [6.45, 7) is 0.269. The molecule has 0 radical (unpaired) electrons. The maximum absolute atomic E-state index is 6.49. The van der Waals surface area contributed by atoms with E-state index in [1.54, 1.807) is 7.11 Å². The van der Waals surface area contributed by atoms with Crippen LogP contribution >= 0.6 is 0 Å². The van der Waals surface area contributed by atoms with Crippen LogP contribution in [0.3, 0.4) is 0 Å². The molecular formula is C13H17NO3. The van der Waals surface area contributed by atoms with Crippen molar-refractivity contribution in [1.29, 1.82) is 0 Å². The molecule has 2 aliphatic rings. The standard InChI is InChI=1S/C13H17NO3/c1-15-9-6-10(13(14)4-2-3-5-13)12-11(7-9)16-8-17-12/h6-7H,2-5,8,14H2,1H3. The van der Waals surface area contributed by atoms with Crippen molar-refractivity contribution >= 4 is 0 Å². The summed E-state index contributed by atoms with van der Waals surface area (Å²) in [6.07, 6.45) is 4.33. The molecule has 0 aromatic heterocycles. The topological polar surface area (TPSA) is 53.7 Å². The van der Waals surface area contributed by atoms with Gasteiger partial charge < -0.3 is 19.9 Å². The fourth-order valence-electron chi connectivity index (χ4n) is 2.75. The first-order valence-electron chi connectivity index (χ1n) is 6.00. The molecule has 1 aromatic carbocycles. The highest BCUT2D eigenvalue weighted by Gasteiger charge is 2.37. The highest BCUT2D eigenvalue weighted by atomic mass is 16.7. The number of fused-ring (bicyclic) bond motifs is 1. The molecule has 0 bridgehead atoms. The van der Waals surface area contributed by atoms with E-state index in [9.17, 15) is 0 Å². The predicted molar refractivity (Wildman–Crippen MR) is 63.5 cm³/mol. The first kappa shape index (κ1) is 10.7. The minimum atomic E-state index is -0.285. The van der Waals surface area contributed by atoms with Crippen LogP contribution in [0.15, 0.2) is 12.1 Å². The lowest BCUT2D eigenvalue weighted by Crippen LogP contribution is -2.33. The summed E-state index contributed by atoms with van der Waals surface area (Å²) in [5.74, 6) is 2.33. The second kappa shape index (κ2) is 3.81. The molecule has 4 heteroatoms. The number of methoxy groups -OCH3 is 1. The fourth-order valence-corrected chi connectivity index (χ4v) is 2.75. The van der Waals surface area contributed by atoms with E-state index < -0.39 is 0 Å². The van der Waals surface area contributed by atoms with E-state index in [1.807, 2.05) is 12.1 Å². The summed E-state index contributed by atoms with van der Waals surface area (Å²) in [5, 5.41) is 0. The molecule has 0 spiro atoms. The predicted octanol–water partition coefficient (Wildman–Crippen LogP) is 2.15. The van der Waals surface area contributed by atoms with E-state index in [0.717, 1.165) is 35.7 Å². The van der Waals surface area contributed by atoms with Gasteiger partial charge in [0, 0.05) is 17.2 Å². The van der Waals surface area contributed by atoms with Gasteiger partial charge in [-0.2, -0.15) is 0 Å². The van der Waals surface area contributed by atoms with Crippen molar-refractivity contribution in [2.45, 2.75) is 31.2 Å². The second-order valence-corrected chi connectivity index (χ2v) is 4.77. The number of hydrogen-bond acceptors (Lipinski definition) is 4. The zero-order valence-corrected chi connectivity index (χ0v) is 9.99. The third-order valence-electron chi connectivity index (χ3n) is 3.71. The van der Waals surface area contributed by atoms with Gasteiger partial charge in [-0.15, -0.1) is 0 Å². The Kier molecular flexibility index (Phi) is 2.40. The van der Waals surface area contributed by atoms with Crippen molar-refractivity contribution in [3.63, 3.8) is 0 Å². The monoisotopic (exact) mass is 235 g/mol. The van der Waals surface area contributed by atoms with E-state index in [4.69, 9.17) is 19.9 Å². The van der Waals surface area contributed by atoms with E-state index in [1.165, 1.54) is 12.8 Å². The summed E-state index contributed by atoms with van der Waals surface area (Å²) < 4.78 is 16.3. The Morgan fingerprint density at radius 1 is 1.24 bits per heavy atom. The van der Waals surface area contributed by atoms with E-state index >= 15 is 0 Å². The third kappa shape index (κ3) is 1.63. The molecule has 1 heterocycles. The van der Waals surface area contributed by atoms with Crippen molar-refractivity contribution in [3.05, 3.63) is 17.7 Å². The highest BCUT2D eigenvalue weighted by molar-refractivity contribution is 5.55. The zero-order chi connectivity index (χ0) is 11.9. The number of nitrogens with two attached hydrogens (primary N) is 1. The average molecular weight is 235 g/mol. The fraction of sp³-hybridized carbons (Fsp3) is 0.538. The van der Waals surface area contributed by atoms with Crippen LogP contribution in [0.5, 0.6) is 17.2 Å². The molecular weight excluding hydrogens is 218 g/mol. The van der Waals surface area contributed by atoms with Crippen molar-refractivity contribution in [1.82, 2.24) is 0 Å². The van der Waals surface area contributed by atoms with Gasteiger partial charge in [0.25, 0.3) is 0 Å². The summed E-state index contributed by atoms with van der Waals surface area (Å²) in [5.41, 5.74) is 7.23. The molecule has 1 aromatic rings. The van der Waals surface area contributed by atoms with Gasteiger partial charge in [-0.1, -0.05) is 12.8 Å². The molecule has 1 saturated carbocycles. The molecule has 1 aliphatic heterocycles. The van der Waals surface area contributed by atoms with Gasteiger partial charge in [0.15, 0.2) is 11.5 Å².